The second-order valence-corrected chi connectivity index (χ2v) is 12.0. The fraction of sp³-hybridized carbons (Fsp3) is 0.600. The first-order valence-corrected chi connectivity index (χ1v) is 13.7. The van der Waals surface area contributed by atoms with Gasteiger partial charge in [0.05, 0.1) is 24.9 Å². The Labute approximate surface area is 231 Å². The fourth-order valence-corrected chi connectivity index (χ4v) is 5.25. The quantitative estimate of drug-likeness (QED) is 0.351. The first-order chi connectivity index (χ1) is 18.3. The van der Waals surface area contributed by atoms with Crippen molar-refractivity contribution in [1.82, 2.24) is 20.5 Å². The molecule has 4 atom stereocenters. The summed E-state index contributed by atoms with van der Waals surface area (Å²) in [6.07, 6.45) is 1.58. The summed E-state index contributed by atoms with van der Waals surface area (Å²) in [7, 11) is 3.45. The van der Waals surface area contributed by atoms with E-state index in [9.17, 15) is 19.6 Å². The van der Waals surface area contributed by atoms with Crippen LogP contribution < -0.4 is 15.4 Å². The number of Topliss-reactive ketones (excluding diaryl/α,β-unsaturated/α-hetero) is 1. The maximum Gasteiger partial charge on any atom is 0.223 e. The average Bonchev–Trinajstić information content (AvgIpc) is 3.49. The van der Waals surface area contributed by atoms with Gasteiger partial charge in [-0.2, -0.15) is 5.26 Å². The number of nitriles is 1. The Balaban J connectivity index is 1.85. The average molecular weight is 538 g/mol. The minimum atomic E-state index is -0.640. The maximum atomic E-state index is 13.8. The van der Waals surface area contributed by atoms with Crippen molar-refractivity contribution < 1.29 is 19.1 Å². The van der Waals surface area contributed by atoms with Gasteiger partial charge in [-0.15, -0.1) is 0 Å². The minimum absolute atomic E-state index is 0.0299. The Bertz CT molecular complexity index is 1220. The van der Waals surface area contributed by atoms with Crippen molar-refractivity contribution in [3.63, 3.8) is 0 Å². The predicted octanol–water partition coefficient (Wildman–Crippen LogP) is 4.05. The molecular formula is C30H43N5O4. The number of rotatable bonds is 12. The standard InChI is InChI=1S/C30H43N5O4/c1-18(2)13-20(15-26(36)24-16-21-22(33-24)9-8-10-27(21)39-7)29(38)34-23(14-19-11-12-32-28(19)37)25(17-31)35(6)30(3,4)5/h8-10,16,18-20,23,25,33H,11-15H2,1-7H3,(H,32,37)(H,34,38). The van der Waals surface area contributed by atoms with Crippen LogP contribution in [0.2, 0.25) is 0 Å². The van der Waals surface area contributed by atoms with Crippen molar-refractivity contribution in [2.75, 3.05) is 20.7 Å². The van der Waals surface area contributed by atoms with E-state index < -0.39 is 18.0 Å². The van der Waals surface area contributed by atoms with Crippen LogP contribution in [-0.2, 0) is 9.59 Å². The lowest BCUT2D eigenvalue weighted by molar-refractivity contribution is -0.128. The molecule has 1 aromatic heterocycles. The molecule has 2 heterocycles. The van der Waals surface area contributed by atoms with Crippen molar-refractivity contribution in [2.45, 2.75) is 77.9 Å². The number of hydrogen-bond acceptors (Lipinski definition) is 6. The van der Waals surface area contributed by atoms with Crippen LogP contribution in [0.5, 0.6) is 5.75 Å². The molecule has 212 valence electrons. The van der Waals surface area contributed by atoms with Crippen molar-refractivity contribution in [3.8, 4) is 11.8 Å². The van der Waals surface area contributed by atoms with Gasteiger partial charge in [-0.1, -0.05) is 19.9 Å². The van der Waals surface area contributed by atoms with Gasteiger partial charge in [0, 0.05) is 41.2 Å². The summed E-state index contributed by atoms with van der Waals surface area (Å²) in [6.45, 7) is 10.7. The Kier molecular flexibility index (Phi) is 9.78. The van der Waals surface area contributed by atoms with Gasteiger partial charge >= 0.3 is 0 Å². The van der Waals surface area contributed by atoms with E-state index in [2.05, 4.69) is 21.7 Å². The van der Waals surface area contributed by atoms with E-state index in [1.54, 1.807) is 13.2 Å². The van der Waals surface area contributed by atoms with Crippen LogP contribution >= 0.6 is 0 Å². The van der Waals surface area contributed by atoms with Crippen LogP contribution in [0.4, 0.5) is 0 Å². The second kappa shape index (κ2) is 12.6. The van der Waals surface area contributed by atoms with Crippen molar-refractivity contribution in [3.05, 3.63) is 30.0 Å². The number of carbonyl (C=O) groups is 3. The number of fused-ring (bicyclic) bond motifs is 1. The lowest BCUT2D eigenvalue weighted by Gasteiger charge is -2.40. The monoisotopic (exact) mass is 537 g/mol. The number of methoxy groups -OCH3 is 1. The van der Waals surface area contributed by atoms with Gasteiger partial charge in [-0.05, 0) is 71.2 Å². The van der Waals surface area contributed by atoms with E-state index in [0.29, 0.717) is 37.3 Å². The number of aromatic nitrogens is 1. The van der Waals surface area contributed by atoms with E-state index in [0.717, 1.165) is 10.9 Å². The molecule has 3 rings (SSSR count). The molecule has 0 bridgehead atoms. The highest BCUT2D eigenvalue weighted by Gasteiger charge is 2.38. The van der Waals surface area contributed by atoms with E-state index in [4.69, 9.17) is 4.74 Å². The number of hydrogen-bond donors (Lipinski definition) is 3. The normalized spacial score (nSPS) is 18.1. The first kappa shape index (κ1) is 30.2. The lowest BCUT2D eigenvalue weighted by Crippen LogP contribution is -2.56. The highest BCUT2D eigenvalue weighted by molar-refractivity contribution is 6.02. The number of likely N-dealkylation sites (N-methyl/N-ethyl adjacent to an activating group) is 1. The summed E-state index contributed by atoms with van der Waals surface area (Å²) in [6, 6.07) is 8.50. The van der Waals surface area contributed by atoms with Gasteiger partial charge in [0.25, 0.3) is 0 Å². The molecule has 39 heavy (non-hydrogen) atoms. The highest BCUT2D eigenvalue weighted by Crippen LogP contribution is 2.28. The second-order valence-electron chi connectivity index (χ2n) is 12.0. The number of ether oxygens (including phenoxy) is 1. The van der Waals surface area contributed by atoms with Crippen molar-refractivity contribution in [1.29, 1.82) is 5.26 Å². The molecule has 0 saturated carbocycles. The minimum Gasteiger partial charge on any atom is -0.496 e. The third kappa shape index (κ3) is 7.39. The largest absolute Gasteiger partial charge is 0.496 e. The molecule has 1 aliphatic heterocycles. The molecule has 1 saturated heterocycles. The number of benzene rings is 1. The Morgan fingerprint density at radius 3 is 2.56 bits per heavy atom. The summed E-state index contributed by atoms with van der Waals surface area (Å²) in [5, 5.41) is 16.9. The molecule has 1 fully saturated rings. The lowest BCUT2D eigenvalue weighted by atomic mass is 9.88. The summed E-state index contributed by atoms with van der Waals surface area (Å²) in [5.74, 6) is -0.479. The predicted molar refractivity (Wildman–Crippen MR) is 151 cm³/mol. The van der Waals surface area contributed by atoms with E-state index >= 15 is 0 Å². The van der Waals surface area contributed by atoms with Gasteiger partial charge in [0.1, 0.15) is 11.8 Å². The molecule has 0 spiro atoms. The van der Waals surface area contributed by atoms with Crippen molar-refractivity contribution >= 4 is 28.5 Å². The Morgan fingerprint density at radius 2 is 2.00 bits per heavy atom. The molecule has 2 aromatic rings. The van der Waals surface area contributed by atoms with Crippen molar-refractivity contribution in [2.24, 2.45) is 17.8 Å². The molecule has 9 heteroatoms. The van der Waals surface area contributed by atoms with E-state index in [-0.39, 0.29) is 41.4 Å². The third-order valence-corrected chi connectivity index (χ3v) is 7.72. The molecule has 4 unspecified atom stereocenters. The van der Waals surface area contributed by atoms with Crippen LogP contribution in [0.25, 0.3) is 10.9 Å². The molecule has 1 aliphatic rings. The van der Waals surface area contributed by atoms with Crippen LogP contribution in [0.15, 0.2) is 24.3 Å². The number of nitrogens with one attached hydrogen (secondary N) is 3. The molecule has 0 radical (unpaired) electrons. The molecular weight excluding hydrogens is 494 g/mol. The van der Waals surface area contributed by atoms with Gasteiger partial charge in [0.15, 0.2) is 5.78 Å². The summed E-state index contributed by atoms with van der Waals surface area (Å²) < 4.78 is 5.42. The molecule has 9 nitrogen and oxygen atoms in total. The zero-order valence-electron chi connectivity index (χ0n) is 24.3. The molecule has 1 aromatic carbocycles. The Hall–Kier alpha value is -3.38. The SMILES string of the molecule is COc1cccc2[nH]c(C(=O)CC(CC(C)C)C(=O)NC(CC3CCNC3=O)C(C#N)N(C)C(C)(C)C)cc12. The van der Waals surface area contributed by atoms with Crippen LogP contribution in [0.3, 0.4) is 0 Å². The summed E-state index contributed by atoms with van der Waals surface area (Å²) >= 11 is 0. The molecule has 3 N–H and O–H groups in total. The number of aromatic amines is 1. The summed E-state index contributed by atoms with van der Waals surface area (Å²) in [5.41, 5.74) is 0.891. The number of carbonyl (C=O) groups excluding carboxylic acids is 3. The van der Waals surface area contributed by atoms with Gasteiger partial charge in [0.2, 0.25) is 11.8 Å². The van der Waals surface area contributed by atoms with Crippen LogP contribution in [-0.4, -0.2) is 65.8 Å². The molecule has 2 amide bonds. The van der Waals surface area contributed by atoms with Crippen LogP contribution in [0.1, 0.15) is 70.8 Å². The number of H-pyrrole nitrogens is 1. The number of ketones is 1. The third-order valence-electron chi connectivity index (χ3n) is 7.72. The van der Waals surface area contributed by atoms with Gasteiger partial charge in [-0.25, -0.2) is 0 Å². The van der Waals surface area contributed by atoms with E-state index in [1.165, 1.54) is 0 Å². The van der Waals surface area contributed by atoms with Crippen LogP contribution in [0, 0.1) is 29.1 Å². The zero-order chi connectivity index (χ0) is 28.9. The number of nitrogens with zero attached hydrogens (tertiary/aromatic N) is 2. The topological polar surface area (TPSA) is 127 Å². The molecule has 0 aliphatic carbocycles. The Morgan fingerprint density at radius 1 is 1.28 bits per heavy atom. The number of amides is 2. The first-order valence-electron chi connectivity index (χ1n) is 13.7. The van der Waals surface area contributed by atoms with E-state index in [1.807, 2.05) is 64.8 Å². The maximum absolute atomic E-state index is 13.8. The fourth-order valence-electron chi connectivity index (χ4n) is 5.25. The zero-order valence-corrected chi connectivity index (χ0v) is 24.3. The smallest absolute Gasteiger partial charge is 0.223 e. The van der Waals surface area contributed by atoms with Gasteiger partial charge in [-0.3, -0.25) is 19.3 Å². The highest BCUT2D eigenvalue weighted by atomic mass is 16.5. The summed E-state index contributed by atoms with van der Waals surface area (Å²) in [4.78, 5) is 44.6. The van der Waals surface area contributed by atoms with Gasteiger partial charge < -0.3 is 20.4 Å².